The molecule has 0 bridgehead atoms. The maximum absolute atomic E-state index is 11.2. The first-order chi connectivity index (χ1) is 10.9. The van der Waals surface area contributed by atoms with Crippen LogP contribution in [0.2, 0.25) is 5.02 Å². The minimum absolute atomic E-state index is 0.0234. The van der Waals surface area contributed by atoms with Gasteiger partial charge < -0.3 is 10.0 Å². The van der Waals surface area contributed by atoms with Gasteiger partial charge >= 0.3 is 5.97 Å². The average Bonchev–Trinajstić information content (AvgIpc) is 2.85. The van der Waals surface area contributed by atoms with E-state index in [1.165, 1.54) is 6.20 Å². The van der Waals surface area contributed by atoms with Crippen LogP contribution in [-0.4, -0.2) is 39.9 Å². The Morgan fingerprint density at radius 2 is 1.91 bits per heavy atom. The lowest BCUT2D eigenvalue weighted by Crippen LogP contribution is -2.08. The maximum atomic E-state index is 11.2. The molecule has 0 aliphatic heterocycles. The highest BCUT2D eigenvalue weighted by molar-refractivity contribution is 6.38. The number of aromatic nitrogens is 3. The number of carboxylic acids is 1. The van der Waals surface area contributed by atoms with Crippen molar-refractivity contribution in [2.45, 2.75) is 6.92 Å². The van der Waals surface area contributed by atoms with E-state index in [9.17, 15) is 4.79 Å². The fourth-order valence-corrected chi connectivity index (χ4v) is 2.78. The summed E-state index contributed by atoms with van der Waals surface area (Å²) in [5, 5.41) is 14.3. The fourth-order valence-electron chi connectivity index (χ4n) is 2.43. The highest BCUT2D eigenvalue weighted by Gasteiger charge is 2.19. The summed E-state index contributed by atoms with van der Waals surface area (Å²) in [6, 6.07) is 7.82. The Bertz CT molecular complexity index is 901. The van der Waals surface area contributed by atoms with Gasteiger partial charge in [-0.25, -0.2) is 14.5 Å². The first-order valence-electron chi connectivity index (χ1n) is 6.95. The predicted octanol–water partition coefficient (Wildman–Crippen LogP) is 3.15. The van der Waals surface area contributed by atoms with Crippen molar-refractivity contribution in [1.29, 1.82) is 0 Å². The number of anilines is 1. The third-order valence-electron chi connectivity index (χ3n) is 3.65. The monoisotopic (exact) mass is 330 g/mol. The van der Waals surface area contributed by atoms with E-state index in [0.29, 0.717) is 16.7 Å². The summed E-state index contributed by atoms with van der Waals surface area (Å²) in [6.07, 6.45) is 1.26. The lowest BCUT2D eigenvalue weighted by molar-refractivity contribution is 0.0697. The average molecular weight is 331 g/mol. The zero-order valence-corrected chi connectivity index (χ0v) is 13.7. The molecule has 2 heterocycles. The van der Waals surface area contributed by atoms with Gasteiger partial charge in [0.1, 0.15) is 0 Å². The van der Waals surface area contributed by atoms with Gasteiger partial charge in [-0.1, -0.05) is 11.6 Å². The summed E-state index contributed by atoms with van der Waals surface area (Å²) in [5.74, 6) is -1.10. The van der Waals surface area contributed by atoms with Crippen molar-refractivity contribution in [3.8, 4) is 5.69 Å². The zero-order valence-electron chi connectivity index (χ0n) is 12.9. The van der Waals surface area contributed by atoms with Crippen LogP contribution in [0.15, 0.2) is 30.5 Å². The number of pyridine rings is 1. The Hall–Kier alpha value is -2.60. The molecule has 0 aliphatic carbocycles. The maximum Gasteiger partial charge on any atom is 0.338 e. The fraction of sp³-hybridized carbons (Fsp3) is 0.188. The van der Waals surface area contributed by atoms with Crippen LogP contribution in [0, 0.1) is 6.92 Å². The lowest BCUT2D eigenvalue weighted by Gasteiger charge is -2.12. The minimum Gasteiger partial charge on any atom is -0.478 e. The number of rotatable bonds is 3. The first kappa shape index (κ1) is 15.3. The standard InChI is InChI=1S/C16H15ClN4O2/c1-9-13-14(17)12(16(22)23)8-18-15(13)21(19-9)11-6-4-10(5-7-11)20(2)3/h4-8H,1-3H3,(H,22,23). The highest BCUT2D eigenvalue weighted by atomic mass is 35.5. The van der Waals surface area contributed by atoms with Crippen molar-refractivity contribution in [2.24, 2.45) is 0 Å². The summed E-state index contributed by atoms with van der Waals surface area (Å²) in [5.41, 5.74) is 3.05. The summed E-state index contributed by atoms with van der Waals surface area (Å²) in [4.78, 5) is 17.4. The van der Waals surface area contributed by atoms with Gasteiger partial charge in [-0.2, -0.15) is 5.10 Å². The molecule has 0 fully saturated rings. The van der Waals surface area contributed by atoms with Crippen molar-refractivity contribution in [2.75, 3.05) is 19.0 Å². The summed E-state index contributed by atoms with van der Waals surface area (Å²) in [7, 11) is 3.94. The molecule has 0 aliphatic rings. The zero-order chi connectivity index (χ0) is 16.7. The van der Waals surface area contributed by atoms with Crippen LogP contribution >= 0.6 is 11.6 Å². The van der Waals surface area contributed by atoms with Crippen LogP contribution in [0.5, 0.6) is 0 Å². The molecule has 1 N–H and O–H groups in total. The largest absolute Gasteiger partial charge is 0.478 e. The van der Waals surface area contributed by atoms with Crippen LogP contribution in [0.1, 0.15) is 16.1 Å². The molecule has 3 rings (SSSR count). The van der Waals surface area contributed by atoms with E-state index >= 15 is 0 Å². The van der Waals surface area contributed by atoms with E-state index in [1.54, 1.807) is 11.6 Å². The van der Waals surface area contributed by atoms with Crippen LogP contribution in [0.4, 0.5) is 5.69 Å². The van der Waals surface area contributed by atoms with Crippen LogP contribution in [0.3, 0.4) is 0 Å². The van der Waals surface area contributed by atoms with E-state index < -0.39 is 5.97 Å². The number of aryl methyl sites for hydroxylation is 1. The van der Waals surface area contributed by atoms with Crippen molar-refractivity contribution < 1.29 is 9.90 Å². The molecule has 0 amide bonds. The number of hydrogen-bond donors (Lipinski definition) is 1. The summed E-state index contributed by atoms with van der Waals surface area (Å²) >= 11 is 6.23. The molecule has 1 aromatic carbocycles. The molecular formula is C16H15ClN4O2. The molecule has 23 heavy (non-hydrogen) atoms. The van der Waals surface area contributed by atoms with Gasteiger partial charge in [-0.3, -0.25) is 0 Å². The van der Waals surface area contributed by atoms with Crippen molar-refractivity contribution in [3.63, 3.8) is 0 Å². The second-order valence-corrected chi connectivity index (χ2v) is 5.78. The van der Waals surface area contributed by atoms with Crippen molar-refractivity contribution >= 4 is 34.3 Å². The van der Waals surface area contributed by atoms with Gasteiger partial charge in [0.15, 0.2) is 5.65 Å². The summed E-state index contributed by atoms with van der Waals surface area (Å²) in [6.45, 7) is 1.78. The molecule has 0 saturated carbocycles. The third-order valence-corrected chi connectivity index (χ3v) is 4.04. The number of carboxylic acid groups (broad SMARTS) is 1. The van der Waals surface area contributed by atoms with Gasteiger partial charge in [0.25, 0.3) is 0 Å². The van der Waals surface area contributed by atoms with Gasteiger partial charge in [0, 0.05) is 26.0 Å². The second-order valence-electron chi connectivity index (χ2n) is 5.40. The van der Waals surface area contributed by atoms with Crippen LogP contribution in [-0.2, 0) is 0 Å². The van der Waals surface area contributed by atoms with Crippen LogP contribution in [0.25, 0.3) is 16.7 Å². The third kappa shape index (κ3) is 2.51. The molecule has 0 unspecified atom stereocenters. The van der Waals surface area contributed by atoms with Gasteiger partial charge in [-0.15, -0.1) is 0 Å². The van der Waals surface area contributed by atoms with Crippen molar-refractivity contribution in [1.82, 2.24) is 14.8 Å². The molecule has 0 saturated heterocycles. The van der Waals surface area contributed by atoms with Crippen molar-refractivity contribution in [3.05, 3.63) is 46.7 Å². The second kappa shape index (κ2) is 5.55. The van der Waals surface area contributed by atoms with Crippen LogP contribution < -0.4 is 4.90 Å². The van der Waals surface area contributed by atoms with E-state index in [1.807, 2.05) is 43.3 Å². The topological polar surface area (TPSA) is 71.2 Å². The molecule has 7 heteroatoms. The number of halogens is 1. The van der Waals surface area contributed by atoms with E-state index in [0.717, 1.165) is 11.4 Å². The molecule has 0 radical (unpaired) electrons. The Labute approximate surface area is 137 Å². The Morgan fingerprint density at radius 1 is 1.26 bits per heavy atom. The molecule has 118 valence electrons. The number of fused-ring (bicyclic) bond motifs is 1. The Kier molecular flexibility index (Phi) is 3.69. The van der Waals surface area contributed by atoms with Gasteiger partial charge in [-0.05, 0) is 31.2 Å². The number of carbonyl (C=O) groups is 1. The predicted molar refractivity (Wildman–Crippen MR) is 89.9 cm³/mol. The van der Waals surface area contributed by atoms with E-state index in [-0.39, 0.29) is 10.6 Å². The Balaban J connectivity index is 2.19. The SMILES string of the molecule is Cc1nn(-c2ccc(N(C)C)cc2)c2ncc(C(=O)O)c(Cl)c12. The highest BCUT2D eigenvalue weighted by Crippen LogP contribution is 2.30. The molecule has 3 aromatic rings. The molecule has 0 spiro atoms. The molecular weight excluding hydrogens is 316 g/mol. The normalized spacial score (nSPS) is 11.0. The van der Waals surface area contributed by atoms with Gasteiger partial charge in [0.2, 0.25) is 0 Å². The first-order valence-corrected chi connectivity index (χ1v) is 7.33. The van der Waals surface area contributed by atoms with Gasteiger partial charge in [0.05, 0.1) is 27.4 Å². The quantitative estimate of drug-likeness (QED) is 0.798. The summed E-state index contributed by atoms with van der Waals surface area (Å²) < 4.78 is 1.67. The molecule has 0 atom stereocenters. The number of aromatic carboxylic acids is 1. The van der Waals surface area contributed by atoms with E-state index in [4.69, 9.17) is 16.7 Å². The van der Waals surface area contributed by atoms with E-state index in [2.05, 4.69) is 10.1 Å². The minimum atomic E-state index is -1.10. The Morgan fingerprint density at radius 3 is 2.48 bits per heavy atom. The number of benzene rings is 1. The molecule has 2 aromatic heterocycles. The smallest absolute Gasteiger partial charge is 0.338 e. The number of nitrogens with zero attached hydrogens (tertiary/aromatic N) is 4. The molecule has 6 nitrogen and oxygen atoms in total. The lowest BCUT2D eigenvalue weighted by atomic mass is 10.2. The number of hydrogen-bond acceptors (Lipinski definition) is 4.